The average Bonchev–Trinajstić information content (AvgIpc) is 3.12. The van der Waals surface area contributed by atoms with Crippen LogP contribution in [0, 0.1) is 0 Å². The Morgan fingerprint density at radius 1 is 1.04 bits per heavy atom. The zero-order chi connectivity index (χ0) is 15.9. The van der Waals surface area contributed by atoms with Gasteiger partial charge in [0, 0.05) is 45.3 Å². The minimum atomic E-state index is 0.698. The lowest BCUT2D eigenvalue weighted by molar-refractivity contribution is 0.0921. The van der Waals surface area contributed by atoms with Gasteiger partial charge >= 0.3 is 0 Å². The van der Waals surface area contributed by atoms with Crippen LogP contribution in [0.15, 0.2) is 24.3 Å². The van der Waals surface area contributed by atoms with Gasteiger partial charge in [-0.2, -0.15) is 0 Å². The normalized spacial score (nSPS) is 23.1. The molecule has 2 aliphatic rings. The number of piperazine rings is 1. The van der Waals surface area contributed by atoms with Crippen LogP contribution in [-0.4, -0.2) is 74.9 Å². The lowest BCUT2D eigenvalue weighted by Crippen LogP contribution is -2.51. The van der Waals surface area contributed by atoms with Crippen LogP contribution in [-0.2, 0) is 0 Å². The zero-order valence-electron chi connectivity index (χ0n) is 14.2. The van der Waals surface area contributed by atoms with Crippen molar-refractivity contribution in [3.05, 3.63) is 24.3 Å². The summed E-state index contributed by atoms with van der Waals surface area (Å²) in [4.78, 5) is 5.15. The maximum Gasteiger partial charge on any atom is 0.119 e. The van der Waals surface area contributed by atoms with E-state index in [0.29, 0.717) is 6.61 Å². The summed E-state index contributed by atoms with van der Waals surface area (Å²) in [6.45, 7) is 11.5. The Kier molecular flexibility index (Phi) is 6.13. The topological polar surface area (TPSA) is 37.0 Å². The van der Waals surface area contributed by atoms with Crippen molar-refractivity contribution >= 4 is 0 Å². The van der Waals surface area contributed by atoms with Crippen LogP contribution in [0.25, 0.3) is 0 Å². The van der Waals surface area contributed by atoms with Gasteiger partial charge < -0.3 is 14.8 Å². The minimum Gasteiger partial charge on any atom is -0.494 e. The van der Waals surface area contributed by atoms with Crippen LogP contribution >= 0.6 is 0 Å². The van der Waals surface area contributed by atoms with Crippen molar-refractivity contribution in [1.82, 2.24) is 15.1 Å². The van der Waals surface area contributed by atoms with Crippen LogP contribution < -0.4 is 14.8 Å². The highest BCUT2D eigenvalue weighted by Gasteiger charge is 2.25. The van der Waals surface area contributed by atoms with Crippen LogP contribution in [0.5, 0.6) is 11.5 Å². The first-order chi connectivity index (χ1) is 11.3. The van der Waals surface area contributed by atoms with Crippen molar-refractivity contribution in [1.29, 1.82) is 0 Å². The molecular formula is C18H29N3O2. The van der Waals surface area contributed by atoms with E-state index in [1.807, 2.05) is 31.2 Å². The van der Waals surface area contributed by atoms with E-state index in [9.17, 15) is 0 Å². The van der Waals surface area contributed by atoms with Crippen molar-refractivity contribution < 1.29 is 9.47 Å². The molecule has 5 nitrogen and oxygen atoms in total. The molecule has 0 aliphatic carbocycles. The molecule has 1 atom stereocenters. The van der Waals surface area contributed by atoms with Gasteiger partial charge in [0.1, 0.15) is 18.1 Å². The third-order valence-corrected chi connectivity index (χ3v) is 4.77. The molecule has 23 heavy (non-hydrogen) atoms. The molecule has 0 radical (unpaired) electrons. The molecule has 2 aliphatic heterocycles. The van der Waals surface area contributed by atoms with Crippen LogP contribution in [0.3, 0.4) is 0 Å². The first kappa shape index (κ1) is 16.6. The Bertz CT molecular complexity index is 452. The predicted molar refractivity (Wildman–Crippen MR) is 92.4 cm³/mol. The molecule has 0 saturated carbocycles. The lowest BCUT2D eigenvalue weighted by atomic mass is 10.2. The molecule has 2 fully saturated rings. The van der Waals surface area contributed by atoms with E-state index in [2.05, 4.69) is 15.1 Å². The second kappa shape index (κ2) is 8.52. The Morgan fingerprint density at radius 2 is 1.74 bits per heavy atom. The van der Waals surface area contributed by atoms with Crippen LogP contribution in [0.2, 0.25) is 0 Å². The largest absolute Gasteiger partial charge is 0.494 e. The summed E-state index contributed by atoms with van der Waals surface area (Å²) in [6, 6.07) is 8.66. The molecule has 3 rings (SSSR count). The first-order valence-corrected chi connectivity index (χ1v) is 8.88. The standard InChI is InChI=1S/C18H29N3O2/c1-2-22-17-3-5-18(6-4-17)23-14-13-20-9-11-21(12-10-20)16-7-8-19-15-16/h3-6,16,19H,2,7-15H2,1H3. The molecule has 0 aromatic heterocycles. The number of nitrogens with one attached hydrogen (secondary N) is 1. The predicted octanol–water partition coefficient (Wildman–Crippen LogP) is 1.44. The van der Waals surface area contributed by atoms with E-state index < -0.39 is 0 Å². The fourth-order valence-electron chi connectivity index (χ4n) is 3.39. The van der Waals surface area contributed by atoms with Gasteiger partial charge in [-0.1, -0.05) is 0 Å². The number of benzene rings is 1. The summed E-state index contributed by atoms with van der Waals surface area (Å²) in [5.74, 6) is 1.82. The highest BCUT2D eigenvalue weighted by atomic mass is 16.5. The molecule has 128 valence electrons. The SMILES string of the molecule is CCOc1ccc(OCCN2CCN(C3CCNC3)CC2)cc1. The van der Waals surface area contributed by atoms with Gasteiger partial charge in [-0.05, 0) is 44.2 Å². The van der Waals surface area contributed by atoms with E-state index in [-0.39, 0.29) is 0 Å². The molecule has 2 saturated heterocycles. The fraction of sp³-hybridized carbons (Fsp3) is 0.667. The molecule has 0 spiro atoms. The number of ether oxygens (including phenoxy) is 2. The van der Waals surface area contributed by atoms with E-state index in [4.69, 9.17) is 9.47 Å². The summed E-state index contributed by atoms with van der Waals surface area (Å²) >= 11 is 0. The van der Waals surface area contributed by atoms with Crippen LogP contribution in [0.4, 0.5) is 0 Å². The Balaban J connectivity index is 1.33. The Morgan fingerprint density at radius 3 is 2.35 bits per heavy atom. The molecular weight excluding hydrogens is 290 g/mol. The van der Waals surface area contributed by atoms with Crippen molar-refractivity contribution in [2.75, 3.05) is 59.0 Å². The molecule has 5 heteroatoms. The van der Waals surface area contributed by atoms with Gasteiger partial charge in [-0.3, -0.25) is 9.80 Å². The third-order valence-electron chi connectivity index (χ3n) is 4.77. The van der Waals surface area contributed by atoms with Crippen LogP contribution in [0.1, 0.15) is 13.3 Å². The molecule has 1 aromatic rings. The molecule has 1 unspecified atom stereocenters. The van der Waals surface area contributed by atoms with E-state index >= 15 is 0 Å². The van der Waals surface area contributed by atoms with Gasteiger partial charge in [0.15, 0.2) is 0 Å². The quantitative estimate of drug-likeness (QED) is 0.823. The summed E-state index contributed by atoms with van der Waals surface area (Å²) in [5, 5.41) is 3.46. The molecule has 1 aromatic carbocycles. The van der Waals surface area contributed by atoms with Crippen molar-refractivity contribution in [3.8, 4) is 11.5 Å². The van der Waals surface area contributed by atoms with E-state index in [1.54, 1.807) is 0 Å². The molecule has 1 N–H and O–H groups in total. The number of hydrogen-bond donors (Lipinski definition) is 1. The van der Waals surface area contributed by atoms with E-state index in [1.165, 1.54) is 32.6 Å². The van der Waals surface area contributed by atoms with E-state index in [0.717, 1.165) is 43.8 Å². The van der Waals surface area contributed by atoms with Gasteiger partial charge in [0.05, 0.1) is 6.61 Å². The number of hydrogen-bond acceptors (Lipinski definition) is 5. The zero-order valence-corrected chi connectivity index (χ0v) is 14.2. The minimum absolute atomic E-state index is 0.698. The monoisotopic (exact) mass is 319 g/mol. The number of rotatable bonds is 7. The molecule has 2 heterocycles. The second-order valence-electron chi connectivity index (χ2n) is 6.28. The van der Waals surface area contributed by atoms with Gasteiger partial charge in [0.25, 0.3) is 0 Å². The van der Waals surface area contributed by atoms with Crippen molar-refractivity contribution in [2.24, 2.45) is 0 Å². The summed E-state index contributed by atoms with van der Waals surface area (Å²) in [6.07, 6.45) is 1.31. The summed E-state index contributed by atoms with van der Waals surface area (Å²) in [7, 11) is 0. The maximum atomic E-state index is 5.85. The molecule has 0 amide bonds. The van der Waals surface area contributed by atoms with Gasteiger partial charge in [-0.15, -0.1) is 0 Å². The van der Waals surface area contributed by atoms with Gasteiger partial charge in [-0.25, -0.2) is 0 Å². The highest BCUT2D eigenvalue weighted by Crippen LogP contribution is 2.17. The summed E-state index contributed by atoms with van der Waals surface area (Å²) < 4.78 is 11.3. The highest BCUT2D eigenvalue weighted by molar-refractivity contribution is 5.31. The van der Waals surface area contributed by atoms with Crippen molar-refractivity contribution in [2.45, 2.75) is 19.4 Å². The Hall–Kier alpha value is -1.30. The summed E-state index contributed by atoms with van der Waals surface area (Å²) in [5.41, 5.74) is 0. The van der Waals surface area contributed by atoms with Gasteiger partial charge in [0.2, 0.25) is 0 Å². The average molecular weight is 319 g/mol. The Labute approximate surface area is 139 Å². The third kappa shape index (κ3) is 4.83. The smallest absolute Gasteiger partial charge is 0.119 e. The fourth-order valence-corrected chi connectivity index (χ4v) is 3.39. The first-order valence-electron chi connectivity index (χ1n) is 8.88. The lowest BCUT2D eigenvalue weighted by Gasteiger charge is -2.37. The molecule has 0 bridgehead atoms. The number of nitrogens with zero attached hydrogens (tertiary/aromatic N) is 2. The van der Waals surface area contributed by atoms with Crippen molar-refractivity contribution in [3.63, 3.8) is 0 Å². The second-order valence-corrected chi connectivity index (χ2v) is 6.28. The maximum absolute atomic E-state index is 5.85.